The molecule has 1 fully saturated rings. The van der Waals surface area contributed by atoms with Crippen molar-refractivity contribution in [1.82, 2.24) is 4.90 Å². The second-order valence-corrected chi connectivity index (χ2v) is 18.2. The first-order chi connectivity index (χ1) is 19.7. The molecule has 2 aromatic rings. The number of benzene rings is 2. The molecular formula is C31H40NO8PSi. The Morgan fingerprint density at radius 1 is 1.02 bits per heavy atom. The SMILES string of the molecule is C=CCOC(=O)C1=C(OP(=O)(Oc2ccccc2)Oc2ccccc2)C(C)C2C(C(C)O[Si](C)(C)C(C)(C)C)C(=O)N12. The number of phosphoric acid groups is 1. The predicted molar refractivity (Wildman–Crippen MR) is 162 cm³/mol. The Bertz CT molecular complexity index is 1340. The Labute approximate surface area is 249 Å². The van der Waals surface area contributed by atoms with Gasteiger partial charge in [0.1, 0.15) is 23.9 Å². The van der Waals surface area contributed by atoms with Crippen molar-refractivity contribution in [2.45, 2.75) is 64.9 Å². The summed E-state index contributed by atoms with van der Waals surface area (Å²) in [5.74, 6) is -1.68. The summed E-state index contributed by atoms with van der Waals surface area (Å²) in [5, 5.41) is -0.0581. The van der Waals surface area contributed by atoms with Crippen LogP contribution < -0.4 is 9.05 Å². The lowest BCUT2D eigenvalue weighted by molar-refractivity contribution is -0.163. The zero-order chi connectivity index (χ0) is 30.9. The number of carbonyl (C=O) groups excluding carboxylic acids is 2. The maximum atomic E-state index is 14.3. The van der Waals surface area contributed by atoms with Gasteiger partial charge in [-0.1, -0.05) is 76.7 Å². The molecule has 226 valence electrons. The van der Waals surface area contributed by atoms with Gasteiger partial charge in [-0.25, -0.2) is 4.79 Å². The molecule has 11 heteroatoms. The van der Waals surface area contributed by atoms with Crippen LogP contribution in [0.15, 0.2) is 84.8 Å². The molecule has 9 nitrogen and oxygen atoms in total. The molecule has 2 aliphatic heterocycles. The number of para-hydroxylation sites is 2. The van der Waals surface area contributed by atoms with Crippen LogP contribution in [0.1, 0.15) is 34.6 Å². The largest absolute Gasteiger partial charge is 0.646 e. The molecule has 4 unspecified atom stereocenters. The molecule has 2 heterocycles. The molecule has 2 aromatic carbocycles. The minimum absolute atomic E-state index is 0.000339. The van der Waals surface area contributed by atoms with E-state index in [9.17, 15) is 14.2 Å². The van der Waals surface area contributed by atoms with E-state index in [1.165, 1.54) is 11.0 Å². The topological polar surface area (TPSA) is 101 Å². The van der Waals surface area contributed by atoms with E-state index in [-0.39, 0.29) is 40.5 Å². The van der Waals surface area contributed by atoms with Gasteiger partial charge in [0, 0.05) is 5.92 Å². The molecule has 0 radical (unpaired) electrons. The lowest BCUT2D eigenvalue weighted by Gasteiger charge is -2.49. The Kier molecular flexibility index (Phi) is 9.11. The average molecular weight is 614 g/mol. The van der Waals surface area contributed by atoms with Gasteiger partial charge in [0.05, 0.1) is 18.1 Å². The zero-order valence-electron chi connectivity index (χ0n) is 25.2. The van der Waals surface area contributed by atoms with Gasteiger partial charge >= 0.3 is 13.8 Å². The fourth-order valence-corrected chi connectivity index (χ4v) is 7.73. The van der Waals surface area contributed by atoms with Gasteiger partial charge in [-0.15, -0.1) is 0 Å². The number of nitrogens with zero attached hydrogens (tertiary/aromatic N) is 1. The molecular weight excluding hydrogens is 573 g/mol. The summed E-state index contributed by atoms with van der Waals surface area (Å²) in [6.45, 7) is 17.9. The molecule has 0 saturated carbocycles. The van der Waals surface area contributed by atoms with E-state index in [1.807, 2.05) is 13.8 Å². The third-order valence-corrected chi connectivity index (χ3v) is 13.9. The highest BCUT2D eigenvalue weighted by Gasteiger charge is 2.63. The third-order valence-electron chi connectivity index (χ3n) is 8.04. The molecule has 4 rings (SSSR count). The maximum Gasteiger partial charge on any atom is 0.646 e. The van der Waals surface area contributed by atoms with Crippen molar-refractivity contribution in [3.63, 3.8) is 0 Å². The standard InChI is InChI=1S/C31H40NO8PSi/c1-9-20-36-30(34)27-28(21(2)26-25(29(33)32(26)27)22(3)40-42(7,8)31(4,5)6)39-41(35,37-23-16-12-10-13-17-23)38-24-18-14-11-15-19-24/h9-19,21-22,25-26H,1,20H2,2-8H3. The number of fused-ring (bicyclic) bond motifs is 1. The molecule has 4 atom stereocenters. The molecule has 0 spiro atoms. The molecule has 0 N–H and O–H groups in total. The van der Waals surface area contributed by atoms with Crippen molar-refractivity contribution in [3.8, 4) is 11.5 Å². The lowest BCUT2D eigenvalue weighted by Crippen LogP contribution is -2.65. The number of rotatable bonds is 12. The van der Waals surface area contributed by atoms with E-state index < -0.39 is 46.1 Å². The summed E-state index contributed by atoms with van der Waals surface area (Å²) in [6, 6.07) is 16.4. The summed E-state index contributed by atoms with van der Waals surface area (Å²) >= 11 is 0. The van der Waals surface area contributed by atoms with E-state index in [1.54, 1.807) is 60.7 Å². The van der Waals surface area contributed by atoms with Gasteiger partial charge in [-0.2, -0.15) is 4.57 Å². The zero-order valence-corrected chi connectivity index (χ0v) is 27.1. The second kappa shape index (κ2) is 12.1. The third kappa shape index (κ3) is 6.36. The molecule has 0 bridgehead atoms. The number of β-lactam (4-membered cyclic amide) rings is 1. The van der Waals surface area contributed by atoms with Crippen LogP contribution in [-0.2, 0) is 27.8 Å². The van der Waals surface area contributed by atoms with Crippen LogP contribution in [-0.4, -0.2) is 43.8 Å². The van der Waals surface area contributed by atoms with Gasteiger partial charge in [-0.3, -0.25) is 9.69 Å². The average Bonchev–Trinajstić information content (AvgIpc) is 3.14. The van der Waals surface area contributed by atoms with Gasteiger partial charge in [0.25, 0.3) is 0 Å². The number of hydrogen-bond donors (Lipinski definition) is 0. The molecule has 2 aliphatic rings. The van der Waals surface area contributed by atoms with Gasteiger partial charge in [0.2, 0.25) is 5.91 Å². The van der Waals surface area contributed by atoms with Crippen molar-refractivity contribution in [2.75, 3.05) is 6.61 Å². The quantitative estimate of drug-likeness (QED) is 0.0822. The molecule has 42 heavy (non-hydrogen) atoms. The summed E-state index contributed by atoms with van der Waals surface area (Å²) in [7, 11) is -6.65. The van der Waals surface area contributed by atoms with Crippen LogP contribution in [0.25, 0.3) is 0 Å². The fraction of sp³-hybridized carbons (Fsp3) is 0.419. The summed E-state index contributed by atoms with van der Waals surface area (Å²) in [6.07, 6.45) is 1.01. The smallest absolute Gasteiger partial charge is 0.457 e. The Morgan fingerprint density at radius 3 is 2.02 bits per heavy atom. The van der Waals surface area contributed by atoms with Gasteiger partial charge < -0.3 is 22.7 Å². The Morgan fingerprint density at radius 2 is 1.55 bits per heavy atom. The highest BCUT2D eigenvalue weighted by atomic mass is 31.2. The van der Waals surface area contributed by atoms with E-state index >= 15 is 0 Å². The minimum atomic E-state index is -4.44. The van der Waals surface area contributed by atoms with Gasteiger partial charge in [-0.05, 0) is 49.3 Å². The minimum Gasteiger partial charge on any atom is -0.457 e. The Balaban J connectivity index is 1.71. The second-order valence-electron chi connectivity index (χ2n) is 12.0. The van der Waals surface area contributed by atoms with Crippen molar-refractivity contribution in [1.29, 1.82) is 0 Å². The van der Waals surface area contributed by atoms with Crippen molar-refractivity contribution < 1.29 is 36.9 Å². The van der Waals surface area contributed by atoms with Crippen LogP contribution in [0.3, 0.4) is 0 Å². The summed E-state index contributed by atoms with van der Waals surface area (Å²) in [5.41, 5.74) is -0.122. The Hall–Kier alpha value is -3.33. The first-order valence-electron chi connectivity index (χ1n) is 14.0. The van der Waals surface area contributed by atoms with Crippen LogP contribution in [0.2, 0.25) is 18.1 Å². The number of phosphoric ester groups is 1. The van der Waals surface area contributed by atoms with Crippen molar-refractivity contribution in [3.05, 3.63) is 84.8 Å². The maximum absolute atomic E-state index is 14.3. The molecule has 0 aliphatic carbocycles. The van der Waals surface area contributed by atoms with Gasteiger partial charge in [0.15, 0.2) is 14.0 Å². The van der Waals surface area contributed by atoms with Crippen LogP contribution in [0.5, 0.6) is 11.5 Å². The highest BCUT2D eigenvalue weighted by molar-refractivity contribution is 7.49. The fourth-order valence-electron chi connectivity index (χ4n) is 4.93. The van der Waals surface area contributed by atoms with Crippen molar-refractivity contribution >= 4 is 28.0 Å². The number of carbonyl (C=O) groups is 2. The van der Waals surface area contributed by atoms with Crippen LogP contribution >= 0.6 is 7.82 Å². The lowest BCUT2D eigenvalue weighted by atomic mass is 9.79. The summed E-state index contributed by atoms with van der Waals surface area (Å²) < 4.78 is 43.9. The van der Waals surface area contributed by atoms with E-state index in [2.05, 4.69) is 40.4 Å². The number of hydrogen-bond acceptors (Lipinski definition) is 8. The van der Waals surface area contributed by atoms with E-state index in [4.69, 9.17) is 22.7 Å². The number of esters is 1. The molecule has 1 saturated heterocycles. The van der Waals surface area contributed by atoms with Crippen molar-refractivity contribution in [2.24, 2.45) is 11.8 Å². The van der Waals surface area contributed by atoms with Crippen LogP contribution in [0.4, 0.5) is 0 Å². The monoisotopic (exact) mass is 613 g/mol. The van der Waals surface area contributed by atoms with E-state index in [0.717, 1.165) is 0 Å². The molecule has 0 aromatic heterocycles. The molecule has 1 amide bonds. The van der Waals surface area contributed by atoms with E-state index in [0.29, 0.717) is 0 Å². The highest BCUT2D eigenvalue weighted by Crippen LogP contribution is 2.57. The van der Waals surface area contributed by atoms with Crippen LogP contribution in [0, 0.1) is 11.8 Å². The number of ether oxygens (including phenoxy) is 1. The normalized spacial score (nSPS) is 21.3. The predicted octanol–water partition coefficient (Wildman–Crippen LogP) is 7.10. The first-order valence-corrected chi connectivity index (χ1v) is 18.4. The number of amides is 1. The summed E-state index contributed by atoms with van der Waals surface area (Å²) in [4.78, 5) is 28.4. The first kappa shape index (κ1) is 31.6.